The fourth-order valence-corrected chi connectivity index (χ4v) is 4.87. The van der Waals surface area contributed by atoms with Gasteiger partial charge in [0.25, 0.3) is 11.1 Å². The summed E-state index contributed by atoms with van der Waals surface area (Å²) in [4.78, 5) is 47.3. The first-order valence-electron chi connectivity index (χ1n) is 11.3. The minimum absolute atomic E-state index is 0.174. The number of carbonyl (C=O) groups excluding carboxylic acids is 1. The Kier molecular flexibility index (Phi) is 6.64. The van der Waals surface area contributed by atoms with Crippen molar-refractivity contribution in [3.05, 3.63) is 117 Å². The number of ether oxygens (including phenoxy) is 1. The molecule has 0 aliphatic heterocycles. The van der Waals surface area contributed by atoms with E-state index in [1.165, 1.54) is 29.3 Å². The lowest BCUT2D eigenvalue weighted by Crippen LogP contribution is -2.24. The predicted molar refractivity (Wildman–Crippen MR) is 139 cm³/mol. The summed E-state index contributed by atoms with van der Waals surface area (Å²) in [7, 11) is 1.31. The Morgan fingerprint density at radius 3 is 2.58 bits per heavy atom. The zero-order valence-electron chi connectivity index (χ0n) is 19.5. The van der Waals surface area contributed by atoms with Crippen LogP contribution in [0.5, 0.6) is 0 Å². The number of hydrogen-bond acceptors (Lipinski definition) is 7. The third-order valence-electron chi connectivity index (χ3n) is 5.78. The second-order valence-corrected chi connectivity index (χ2v) is 9.06. The zero-order chi connectivity index (χ0) is 25.1. The Morgan fingerprint density at radius 2 is 1.78 bits per heavy atom. The first-order valence-corrected chi connectivity index (χ1v) is 12.3. The Morgan fingerprint density at radius 1 is 0.972 bits per heavy atom. The number of esters is 1. The largest absolute Gasteiger partial charge is 0.465 e. The third kappa shape index (κ3) is 4.78. The van der Waals surface area contributed by atoms with E-state index in [0.29, 0.717) is 51.7 Å². The molecule has 3 aromatic heterocycles. The average Bonchev–Trinajstić information content (AvgIpc) is 2.91. The van der Waals surface area contributed by atoms with Crippen LogP contribution in [0.25, 0.3) is 16.6 Å². The van der Waals surface area contributed by atoms with Gasteiger partial charge in [-0.2, -0.15) is 0 Å². The van der Waals surface area contributed by atoms with Crippen LogP contribution in [0, 0.1) is 0 Å². The fourth-order valence-electron chi connectivity index (χ4n) is 3.95. The predicted octanol–water partition coefficient (Wildman–Crippen LogP) is 3.73. The molecule has 180 valence electrons. The standard InChI is InChI=1S/C27H22N4O4S/c1-35-26(34)19-10-11-21-22(15-19)29-27(31(25(21)33)14-12-18-7-3-2-4-8-18)36-17-20-16-24(32)30-13-6-5-9-23(30)28-20/h2-11,13,15-16H,12,14,17H2,1H3. The van der Waals surface area contributed by atoms with Crippen LogP contribution in [0.3, 0.4) is 0 Å². The van der Waals surface area contributed by atoms with Crippen LogP contribution >= 0.6 is 11.8 Å². The van der Waals surface area contributed by atoms with E-state index in [1.54, 1.807) is 41.1 Å². The summed E-state index contributed by atoms with van der Waals surface area (Å²) in [6, 6.07) is 21.5. The number of aryl methyl sites for hydroxylation is 1. The number of rotatable bonds is 7. The lowest BCUT2D eigenvalue weighted by atomic mass is 10.1. The fraction of sp³-hybridized carbons (Fsp3) is 0.148. The highest BCUT2D eigenvalue weighted by molar-refractivity contribution is 7.98. The van der Waals surface area contributed by atoms with Crippen LogP contribution < -0.4 is 11.1 Å². The maximum absolute atomic E-state index is 13.5. The number of benzene rings is 2. The molecule has 5 rings (SSSR count). The van der Waals surface area contributed by atoms with Crippen molar-refractivity contribution in [2.24, 2.45) is 0 Å². The van der Waals surface area contributed by atoms with E-state index in [1.807, 2.05) is 36.4 Å². The van der Waals surface area contributed by atoms with E-state index in [0.717, 1.165) is 5.56 Å². The van der Waals surface area contributed by atoms with Gasteiger partial charge in [-0.3, -0.25) is 18.6 Å². The van der Waals surface area contributed by atoms with Crippen molar-refractivity contribution in [1.82, 2.24) is 18.9 Å². The van der Waals surface area contributed by atoms with E-state index in [9.17, 15) is 14.4 Å². The zero-order valence-corrected chi connectivity index (χ0v) is 20.3. The molecule has 2 aromatic carbocycles. The monoisotopic (exact) mass is 498 g/mol. The van der Waals surface area contributed by atoms with Crippen LogP contribution in [0.1, 0.15) is 21.6 Å². The molecule has 0 amide bonds. The molecule has 3 heterocycles. The van der Waals surface area contributed by atoms with Gasteiger partial charge in [-0.15, -0.1) is 0 Å². The minimum Gasteiger partial charge on any atom is -0.465 e. The SMILES string of the molecule is COC(=O)c1ccc2c(=O)n(CCc3ccccc3)c(SCc3cc(=O)n4ccccc4n3)nc2c1. The summed E-state index contributed by atoms with van der Waals surface area (Å²) < 4.78 is 7.94. The van der Waals surface area contributed by atoms with Crippen molar-refractivity contribution >= 4 is 34.3 Å². The van der Waals surface area contributed by atoms with Crippen molar-refractivity contribution in [3.63, 3.8) is 0 Å². The number of aromatic nitrogens is 4. The van der Waals surface area contributed by atoms with Crippen molar-refractivity contribution in [2.45, 2.75) is 23.9 Å². The van der Waals surface area contributed by atoms with Crippen molar-refractivity contribution < 1.29 is 9.53 Å². The van der Waals surface area contributed by atoms with E-state index in [-0.39, 0.29) is 11.1 Å². The number of fused-ring (bicyclic) bond motifs is 2. The van der Waals surface area contributed by atoms with Gasteiger partial charge in [0, 0.05) is 24.6 Å². The quantitative estimate of drug-likeness (QED) is 0.192. The minimum atomic E-state index is -0.498. The van der Waals surface area contributed by atoms with Gasteiger partial charge < -0.3 is 4.74 Å². The summed E-state index contributed by atoms with van der Waals surface area (Å²) in [5.74, 6) is -0.150. The molecule has 36 heavy (non-hydrogen) atoms. The molecule has 5 aromatic rings. The number of pyridine rings is 1. The number of hydrogen-bond donors (Lipinski definition) is 0. The number of thioether (sulfide) groups is 1. The van der Waals surface area contributed by atoms with Crippen LogP contribution in [0.15, 0.2) is 93.7 Å². The van der Waals surface area contributed by atoms with E-state index in [4.69, 9.17) is 9.72 Å². The van der Waals surface area contributed by atoms with Gasteiger partial charge in [-0.1, -0.05) is 48.2 Å². The average molecular weight is 499 g/mol. The molecule has 0 bridgehead atoms. The summed E-state index contributed by atoms with van der Waals surface area (Å²) in [5.41, 5.74) is 2.60. The van der Waals surface area contributed by atoms with Gasteiger partial charge in [0.05, 0.1) is 29.3 Å². The molecule has 0 radical (unpaired) electrons. The highest BCUT2D eigenvalue weighted by atomic mass is 32.2. The number of methoxy groups -OCH3 is 1. The molecule has 0 fully saturated rings. The Hall–Kier alpha value is -4.24. The molecule has 8 nitrogen and oxygen atoms in total. The normalized spacial score (nSPS) is 11.1. The maximum Gasteiger partial charge on any atom is 0.337 e. The molecular formula is C27H22N4O4S. The van der Waals surface area contributed by atoms with Gasteiger partial charge in [-0.05, 0) is 42.3 Å². The summed E-state index contributed by atoms with van der Waals surface area (Å²) in [6.45, 7) is 0.431. The molecule has 0 aliphatic rings. The lowest BCUT2D eigenvalue weighted by Gasteiger charge is -2.14. The molecule has 0 saturated carbocycles. The highest BCUT2D eigenvalue weighted by Gasteiger charge is 2.15. The van der Waals surface area contributed by atoms with Gasteiger partial charge in [0.1, 0.15) is 5.65 Å². The van der Waals surface area contributed by atoms with E-state index >= 15 is 0 Å². The molecule has 0 saturated heterocycles. The molecule has 0 N–H and O–H groups in total. The molecule has 0 spiro atoms. The molecule has 0 atom stereocenters. The number of carbonyl (C=O) groups is 1. The number of nitrogens with zero attached hydrogens (tertiary/aromatic N) is 4. The lowest BCUT2D eigenvalue weighted by molar-refractivity contribution is 0.0601. The summed E-state index contributed by atoms with van der Waals surface area (Å²) in [5, 5.41) is 0.905. The van der Waals surface area contributed by atoms with E-state index in [2.05, 4.69) is 4.98 Å². The first kappa shape index (κ1) is 23.5. The summed E-state index contributed by atoms with van der Waals surface area (Å²) in [6.07, 6.45) is 2.32. The van der Waals surface area contributed by atoms with Gasteiger partial charge in [0.15, 0.2) is 5.16 Å². The summed E-state index contributed by atoms with van der Waals surface area (Å²) >= 11 is 1.33. The van der Waals surface area contributed by atoms with Crippen molar-refractivity contribution in [1.29, 1.82) is 0 Å². The Balaban J connectivity index is 1.54. The molecular weight excluding hydrogens is 476 g/mol. The maximum atomic E-state index is 13.5. The Labute approximate surface area is 210 Å². The van der Waals surface area contributed by atoms with Crippen LogP contribution in [0.2, 0.25) is 0 Å². The van der Waals surface area contributed by atoms with E-state index < -0.39 is 5.97 Å². The molecule has 0 unspecified atom stereocenters. The van der Waals surface area contributed by atoms with Crippen LogP contribution in [-0.4, -0.2) is 32.0 Å². The smallest absolute Gasteiger partial charge is 0.337 e. The van der Waals surface area contributed by atoms with Crippen LogP contribution in [0.4, 0.5) is 0 Å². The van der Waals surface area contributed by atoms with Crippen molar-refractivity contribution in [2.75, 3.05) is 7.11 Å². The van der Waals surface area contributed by atoms with Crippen molar-refractivity contribution in [3.8, 4) is 0 Å². The second-order valence-electron chi connectivity index (χ2n) is 8.11. The highest BCUT2D eigenvalue weighted by Crippen LogP contribution is 2.23. The topological polar surface area (TPSA) is 95.6 Å². The Bertz CT molecular complexity index is 1700. The third-order valence-corrected chi connectivity index (χ3v) is 6.79. The van der Waals surface area contributed by atoms with Gasteiger partial charge >= 0.3 is 5.97 Å². The van der Waals surface area contributed by atoms with Gasteiger partial charge in [-0.25, -0.2) is 14.8 Å². The van der Waals surface area contributed by atoms with Crippen LogP contribution in [-0.2, 0) is 23.5 Å². The van der Waals surface area contributed by atoms with Gasteiger partial charge in [0.2, 0.25) is 0 Å². The molecule has 9 heteroatoms. The first-order chi connectivity index (χ1) is 17.5. The second kappa shape index (κ2) is 10.2. The molecule has 0 aliphatic carbocycles.